The average molecular weight is 396 g/mol. The van der Waals surface area contributed by atoms with Crippen LogP contribution in [-0.4, -0.2) is 33.2 Å². The van der Waals surface area contributed by atoms with Crippen LogP contribution in [-0.2, 0) is 27.9 Å². The second-order valence-corrected chi connectivity index (χ2v) is 10.0. The lowest BCUT2D eigenvalue weighted by atomic mass is 10.2. The third kappa shape index (κ3) is 6.17. The second-order valence-electron chi connectivity index (χ2n) is 5.73. The molecule has 0 aromatic heterocycles. The van der Waals surface area contributed by atoms with E-state index in [1.165, 1.54) is 11.8 Å². The van der Waals surface area contributed by atoms with Crippen LogP contribution in [0.1, 0.15) is 33.3 Å². The van der Waals surface area contributed by atoms with Crippen LogP contribution in [0.15, 0.2) is 28.0 Å². The van der Waals surface area contributed by atoms with Crippen LogP contribution >= 0.6 is 19.4 Å². The standard InChI is InChI=1S/C15H25O6PS2/c1-11(2)20-22(16,21-12(3)4)10-19-24(17,18)15-13(5)8-7-9-14(15)23-6/h7-9,11-12H,10H2,1-6H3. The van der Waals surface area contributed by atoms with E-state index in [0.717, 1.165) is 0 Å². The third-order valence-corrected chi connectivity index (χ3v) is 7.24. The molecular formula is C15H25O6PS2. The Kier molecular flexibility index (Phi) is 7.97. The molecule has 0 aliphatic heterocycles. The van der Waals surface area contributed by atoms with E-state index in [1.807, 2.05) is 0 Å². The van der Waals surface area contributed by atoms with Gasteiger partial charge in [-0.05, 0) is 52.5 Å². The summed E-state index contributed by atoms with van der Waals surface area (Å²) in [6.07, 6.45) is 0.346. The molecule has 0 spiro atoms. The number of rotatable bonds is 9. The summed E-state index contributed by atoms with van der Waals surface area (Å²) in [7, 11) is -7.79. The lowest BCUT2D eigenvalue weighted by Crippen LogP contribution is -2.15. The zero-order valence-electron chi connectivity index (χ0n) is 14.8. The van der Waals surface area contributed by atoms with Crippen molar-refractivity contribution in [3.05, 3.63) is 23.8 Å². The van der Waals surface area contributed by atoms with Crippen molar-refractivity contribution in [2.24, 2.45) is 0 Å². The minimum absolute atomic E-state index is 0.0816. The van der Waals surface area contributed by atoms with Crippen LogP contribution in [0.2, 0.25) is 0 Å². The fourth-order valence-electron chi connectivity index (χ4n) is 2.03. The van der Waals surface area contributed by atoms with E-state index in [0.29, 0.717) is 10.5 Å². The molecule has 0 atom stereocenters. The maximum atomic E-state index is 12.7. The van der Waals surface area contributed by atoms with Gasteiger partial charge in [0.25, 0.3) is 10.1 Å². The van der Waals surface area contributed by atoms with Crippen LogP contribution in [0.5, 0.6) is 0 Å². The Labute approximate surface area is 148 Å². The molecule has 0 fully saturated rings. The summed E-state index contributed by atoms with van der Waals surface area (Å²) < 4.78 is 53.5. The van der Waals surface area contributed by atoms with Gasteiger partial charge in [-0.25, -0.2) is 0 Å². The molecule has 0 radical (unpaired) electrons. The third-order valence-electron chi connectivity index (χ3n) is 2.75. The normalized spacial score (nSPS) is 13.0. The first-order valence-corrected chi connectivity index (χ1v) is 11.9. The van der Waals surface area contributed by atoms with Gasteiger partial charge in [0.2, 0.25) is 0 Å². The zero-order chi connectivity index (χ0) is 18.5. The van der Waals surface area contributed by atoms with E-state index in [9.17, 15) is 13.0 Å². The van der Waals surface area contributed by atoms with E-state index in [-0.39, 0.29) is 17.1 Å². The topological polar surface area (TPSA) is 78.9 Å². The number of benzene rings is 1. The van der Waals surface area contributed by atoms with Gasteiger partial charge in [-0.3, -0.25) is 8.75 Å². The van der Waals surface area contributed by atoms with Gasteiger partial charge in [0, 0.05) is 4.90 Å². The summed E-state index contributed by atoms with van der Waals surface area (Å²) in [5, 5.41) is 0. The molecule has 0 N–H and O–H groups in total. The summed E-state index contributed by atoms with van der Waals surface area (Å²) in [6, 6.07) is 5.16. The van der Waals surface area contributed by atoms with E-state index in [2.05, 4.69) is 0 Å². The Bertz CT molecular complexity index is 686. The van der Waals surface area contributed by atoms with Gasteiger partial charge in [0.1, 0.15) is 4.90 Å². The highest BCUT2D eigenvalue weighted by Gasteiger charge is 2.32. The largest absolute Gasteiger partial charge is 0.358 e. The highest BCUT2D eigenvalue weighted by Crippen LogP contribution is 2.51. The van der Waals surface area contributed by atoms with Gasteiger partial charge in [-0.15, -0.1) is 11.8 Å². The Morgan fingerprint density at radius 2 is 1.67 bits per heavy atom. The van der Waals surface area contributed by atoms with Crippen molar-refractivity contribution in [2.45, 2.75) is 56.6 Å². The molecule has 0 aliphatic rings. The minimum atomic E-state index is -4.09. The first kappa shape index (κ1) is 21.7. The van der Waals surface area contributed by atoms with Crippen molar-refractivity contribution in [1.82, 2.24) is 0 Å². The maximum Gasteiger partial charge on any atom is 0.358 e. The summed E-state index contributed by atoms with van der Waals surface area (Å²) in [5.74, 6) is 0. The Morgan fingerprint density at radius 1 is 1.12 bits per heavy atom. The molecule has 9 heteroatoms. The Balaban J connectivity index is 3.08. The molecule has 1 aromatic carbocycles. The monoisotopic (exact) mass is 396 g/mol. The molecule has 1 aromatic rings. The fraction of sp³-hybridized carbons (Fsp3) is 0.600. The summed E-state index contributed by atoms with van der Waals surface area (Å²) in [5.41, 5.74) is 0.561. The van der Waals surface area contributed by atoms with Gasteiger partial charge < -0.3 is 9.05 Å². The summed E-state index contributed by atoms with van der Waals surface area (Å²) >= 11 is 1.30. The SMILES string of the molecule is CSc1cccc(C)c1S(=O)(=O)OCP(=O)(OC(C)C)OC(C)C. The zero-order valence-corrected chi connectivity index (χ0v) is 17.3. The number of hydrogen-bond donors (Lipinski definition) is 0. The second kappa shape index (κ2) is 8.83. The smallest absolute Gasteiger partial charge is 0.304 e. The van der Waals surface area contributed by atoms with Gasteiger partial charge in [-0.1, -0.05) is 12.1 Å². The lowest BCUT2D eigenvalue weighted by molar-refractivity contribution is 0.129. The van der Waals surface area contributed by atoms with Crippen LogP contribution < -0.4 is 0 Å². The Hall–Kier alpha value is -0.370. The van der Waals surface area contributed by atoms with Crippen LogP contribution in [0, 0.1) is 6.92 Å². The molecule has 0 saturated carbocycles. The first-order valence-electron chi connectivity index (χ1n) is 7.49. The van der Waals surface area contributed by atoms with Crippen molar-refractivity contribution in [2.75, 3.05) is 12.6 Å². The average Bonchev–Trinajstić information content (AvgIpc) is 2.43. The number of thioether (sulfide) groups is 1. The Morgan fingerprint density at radius 3 is 2.12 bits per heavy atom. The van der Waals surface area contributed by atoms with Crippen LogP contribution in [0.4, 0.5) is 0 Å². The highest BCUT2D eigenvalue weighted by molar-refractivity contribution is 7.99. The van der Waals surface area contributed by atoms with E-state index in [1.54, 1.807) is 59.1 Å². The van der Waals surface area contributed by atoms with Gasteiger partial charge >= 0.3 is 7.60 Å². The van der Waals surface area contributed by atoms with Crippen molar-refractivity contribution >= 4 is 29.5 Å². The van der Waals surface area contributed by atoms with E-state index in [4.69, 9.17) is 13.2 Å². The van der Waals surface area contributed by atoms with E-state index >= 15 is 0 Å². The highest BCUT2D eigenvalue weighted by atomic mass is 32.2. The van der Waals surface area contributed by atoms with Crippen molar-refractivity contribution in [3.8, 4) is 0 Å². The molecule has 24 heavy (non-hydrogen) atoms. The van der Waals surface area contributed by atoms with Crippen molar-refractivity contribution in [3.63, 3.8) is 0 Å². The molecule has 0 saturated heterocycles. The summed E-state index contributed by atoms with van der Waals surface area (Å²) in [4.78, 5) is 0.650. The molecule has 0 amide bonds. The number of hydrogen-bond acceptors (Lipinski definition) is 7. The van der Waals surface area contributed by atoms with Crippen LogP contribution in [0.3, 0.4) is 0 Å². The molecule has 138 valence electrons. The molecule has 0 heterocycles. The van der Waals surface area contributed by atoms with Gasteiger partial charge in [0.15, 0.2) is 6.35 Å². The molecule has 0 aliphatic carbocycles. The predicted octanol–water partition coefficient (Wildman–Crippen LogP) is 4.42. The minimum Gasteiger partial charge on any atom is -0.304 e. The van der Waals surface area contributed by atoms with Crippen molar-refractivity contribution in [1.29, 1.82) is 0 Å². The fourth-order valence-corrected chi connectivity index (χ4v) is 6.57. The van der Waals surface area contributed by atoms with Crippen LogP contribution in [0.25, 0.3) is 0 Å². The summed E-state index contributed by atoms with van der Waals surface area (Å²) in [6.45, 7) is 8.46. The quantitative estimate of drug-likeness (QED) is 0.347. The van der Waals surface area contributed by atoms with E-state index < -0.39 is 24.1 Å². The predicted molar refractivity (Wildman–Crippen MR) is 96.1 cm³/mol. The molecule has 0 bridgehead atoms. The first-order chi connectivity index (χ1) is 11.0. The van der Waals surface area contributed by atoms with Gasteiger partial charge in [-0.2, -0.15) is 8.42 Å². The molecule has 6 nitrogen and oxygen atoms in total. The van der Waals surface area contributed by atoms with Crippen molar-refractivity contribution < 1.29 is 26.2 Å². The molecule has 1 rings (SSSR count). The number of aryl methyl sites for hydroxylation is 1. The lowest BCUT2D eigenvalue weighted by Gasteiger charge is -2.22. The molecule has 0 unspecified atom stereocenters. The van der Waals surface area contributed by atoms with Gasteiger partial charge in [0.05, 0.1) is 12.2 Å². The molecular weight excluding hydrogens is 371 g/mol. The maximum absolute atomic E-state index is 12.7.